The third-order valence-electron chi connectivity index (χ3n) is 6.97. The van der Waals surface area contributed by atoms with Gasteiger partial charge in [0.05, 0.1) is 6.61 Å². The van der Waals surface area contributed by atoms with Gasteiger partial charge in [-0.05, 0) is 51.9 Å². The van der Waals surface area contributed by atoms with Gasteiger partial charge in [-0.2, -0.15) is 0 Å². The van der Waals surface area contributed by atoms with Crippen LogP contribution in [0.4, 0.5) is 4.79 Å². The molecule has 1 atom stereocenters. The summed E-state index contributed by atoms with van der Waals surface area (Å²) >= 11 is 0. The van der Waals surface area contributed by atoms with Crippen LogP contribution in [0.2, 0.25) is 0 Å². The molecule has 1 unspecified atom stereocenters. The van der Waals surface area contributed by atoms with Crippen LogP contribution in [0.3, 0.4) is 0 Å². The average Bonchev–Trinajstić information content (AvgIpc) is 3.30. The normalized spacial score (nSPS) is 28.8. The van der Waals surface area contributed by atoms with Gasteiger partial charge in [-0.3, -0.25) is 4.79 Å². The number of hydrogen-bond donors (Lipinski definition) is 0. The van der Waals surface area contributed by atoms with E-state index in [9.17, 15) is 9.59 Å². The van der Waals surface area contributed by atoms with Crippen LogP contribution in [0.15, 0.2) is 0 Å². The van der Waals surface area contributed by atoms with Crippen molar-refractivity contribution in [1.29, 1.82) is 0 Å². The fourth-order valence-corrected chi connectivity index (χ4v) is 5.58. The first-order valence-corrected chi connectivity index (χ1v) is 10.5. The standard InChI is InChI=1S/C20H33N3O3/c1-3-26-19(25)22-13-20(14-22)9-6-18(12-20)21-10-7-17(8-11-21)23(15(2)24)16-4-5-16/h16-18H,3-14H2,1-2H3. The molecule has 4 rings (SSSR count). The van der Waals surface area contributed by atoms with Gasteiger partial charge in [-0.1, -0.05) is 0 Å². The average molecular weight is 364 g/mol. The highest BCUT2D eigenvalue weighted by Crippen LogP contribution is 2.47. The number of carbonyl (C=O) groups is 2. The van der Waals surface area contributed by atoms with Crippen molar-refractivity contribution in [2.75, 3.05) is 32.8 Å². The van der Waals surface area contributed by atoms with E-state index in [0.29, 0.717) is 30.1 Å². The Balaban J connectivity index is 1.25. The predicted octanol–water partition coefficient (Wildman–Crippen LogP) is 2.47. The van der Waals surface area contributed by atoms with E-state index in [2.05, 4.69) is 9.80 Å². The van der Waals surface area contributed by atoms with Gasteiger partial charge < -0.3 is 19.4 Å². The molecule has 26 heavy (non-hydrogen) atoms. The molecule has 0 aromatic carbocycles. The molecule has 2 saturated heterocycles. The molecule has 4 aliphatic rings. The highest BCUT2D eigenvalue weighted by atomic mass is 16.6. The Bertz CT molecular complexity index is 549. The zero-order valence-corrected chi connectivity index (χ0v) is 16.3. The number of piperidine rings is 1. The Morgan fingerprint density at radius 3 is 2.31 bits per heavy atom. The van der Waals surface area contributed by atoms with E-state index in [1.807, 2.05) is 11.8 Å². The molecule has 2 aliphatic carbocycles. The number of carbonyl (C=O) groups excluding carboxylic acids is 2. The number of likely N-dealkylation sites (tertiary alicyclic amines) is 2. The monoisotopic (exact) mass is 363 g/mol. The van der Waals surface area contributed by atoms with Gasteiger partial charge in [0, 0.05) is 56.6 Å². The molecule has 2 aliphatic heterocycles. The number of nitrogens with zero attached hydrogens (tertiary/aromatic N) is 3. The van der Waals surface area contributed by atoms with Crippen LogP contribution in [-0.4, -0.2) is 77.6 Å². The lowest BCUT2D eigenvalue weighted by Gasteiger charge is -2.48. The van der Waals surface area contributed by atoms with Crippen LogP contribution in [0, 0.1) is 5.41 Å². The van der Waals surface area contributed by atoms with E-state index < -0.39 is 0 Å². The van der Waals surface area contributed by atoms with Crippen LogP contribution >= 0.6 is 0 Å². The molecule has 0 bridgehead atoms. The maximum absolute atomic E-state index is 12.0. The third-order valence-corrected chi connectivity index (χ3v) is 6.97. The third kappa shape index (κ3) is 3.45. The lowest BCUT2D eigenvalue weighted by atomic mass is 9.78. The molecule has 0 radical (unpaired) electrons. The summed E-state index contributed by atoms with van der Waals surface area (Å²) in [5.41, 5.74) is 0.341. The number of rotatable bonds is 4. The van der Waals surface area contributed by atoms with Crippen molar-refractivity contribution in [2.45, 2.75) is 76.9 Å². The lowest BCUT2D eigenvalue weighted by molar-refractivity contribution is -0.133. The Morgan fingerprint density at radius 1 is 1.08 bits per heavy atom. The van der Waals surface area contributed by atoms with E-state index in [-0.39, 0.29) is 12.0 Å². The van der Waals surface area contributed by atoms with Crippen molar-refractivity contribution in [3.05, 3.63) is 0 Å². The van der Waals surface area contributed by atoms with Crippen molar-refractivity contribution >= 4 is 12.0 Å². The number of ether oxygens (including phenoxy) is 1. The SMILES string of the molecule is CCOC(=O)N1CC2(CCC(N3CCC(N(C(C)=O)C4CC4)CC3)C2)C1. The minimum Gasteiger partial charge on any atom is -0.450 e. The van der Waals surface area contributed by atoms with Gasteiger partial charge in [0.15, 0.2) is 0 Å². The second kappa shape index (κ2) is 7.02. The van der Waals surface area contributed by atoms with Crippen LogP contribution in [-0.2, 0) is 9.53 Å². The lowest BCUT2D eigenvalue weighted by Crippen LogP contribution is -2.58. The summed E-state index contributed by atoms with van der Waals surface area (Å²) in [5, 5.41) is 0. The minimum atomic E-state index is -0.146. The Morgan fingerprint density at radius 2 is 1.73 bits per heavy atom. The Kier molecular flexibility index (Phi) is 4.88. The Labute approximate surface area is 156 Å². The van der Waals surface area contributed by atoms with Gasteiger partial charge in [-0.25, -0.2) is 4.79 Å². The van der Waals surface area contributed by atoms with Crippen molar-refractivity contribution in [2.24, 2.45) is 5.41 Å². The summed E-state index contributed by atoms with van der Waals surface area (Å²) in [5.74, 6) is 0.263. The molecule has 6 nitrogen and oxygen atoms in total. The van der Waals surface area contributed by atoms with Crippen molar-refractivity contribution in [3.8, 4) is 0 Å². The second-order valence-corrected chi connectivity index (χ2v) is 8.88. The van der Waals surface area contributed by atoms with E-state index in [1.165, 1.54) is 32.1 Å². The summed E-state index contributed by atoms with van der Waals surface area (Å²) in [6, 6.07) is 1.64. The van der Waals surface area contributed by atoms with Crippen LogP contribution < -0.4 is 0 Å². The van der Waals surface area contributed by atoms with E-state index >= 15 is 0 Å². The van der Waals surface area contributed by atoms with Crippen molar-refractivity contribution in [3.63, 3.8) is 0 Å². The highest BCUT2D eigenvalue weighted by molar-refractivity contribution is 5.74. The highest BCUT2D eigenvalue weighted by Gasteiger charge is 2.51. The zero-order valence-electron chi connectivity index (χ0n) is 16.3. The molecule has 0 aromatic rings. The summed E-state index contributed by atoms with van der Waals surface area (Å²) in [6.07, 6.45) is 8.18. The first kappa shape index (κ1) is 18.1. The minimum absolute atomic E-state index is 0.146. The maximum Gasteiger partial charge on any atom is 0.409 e. The van der Waals surface area contributed by atoms with Gasteiger partial charge in [-0.15, -0.1) is 0 Å². The summed E-state index contributed by atoms with van der Waals surface area (Å²) < 4.78 is 5.11. The predicted molar refractivity (Wildman–Crippen MR) is 98.8 cm³/mol. The molecule has 6 heteroatoms. The molecule has 0 N–H and O–H groups in total. The summed E-state index contributed by atoms with van der Waals surface area (Å²) in [7, 11) is 0. The molecular formula is C20H33N3O3. The van der Waals surface area contributed by atoms with Crippen LogP contribution in [0.25, 0.3) is 0 Å². The molecule has 4 fully saturated rings. The maximum atomic E-state index is 12.0. The first-order valence-electron chi connectivity index (χ1n) is 10.5. The number of hydrogen-bond acceptors (Lipinski definition) is 4. The second-order valence-electron chi connectivity index (χ2n) is 8.88. The van der Waals surface area contributed by atoms with Crippen LogP contribution in [0.1, 0.15) is 58.8 Å². The molecule has 2 saturated carbocycles. The van der Waals surface area contributed by atoms with Crippen molar-refractivity contribution < 1.29 is 14.3 Å². The summed E-state index contributed by atoms with van der Waals surface area (Å²) in [4.78, 5) is 30.5. The Hall–Kier alpha value is -1.30. The van der Waals surface area contributed by atoms with Gasteiger partial charge >= 0.3 is 6.09 Å². The fourth-order valence-electron chi connectivity index (χ4n) is 5.58. The van der Waals surface area contributed by atoms with Gasteiger partial charge in [0.1, 0.15) is 0 Å². The van der Waals surface area contributed by atoms with Crippen LogP contribution in [0.5, 0.6) is 0 Å². The molecule has 2 heterocycles. The zero-order chi connectivity index (χ0) is 18.3. The molecule has 146 valence electrons. The van der Waals surface area contributed by atoms with E-state index in [4.69, 9.17) is 4.74 Å². The van der Waals surface area contributed by atoms with E-state index in [1.54, 1.807) is 6.92 Å². The number of amides is 2. The van der Waals surface area contributed by atoms with Crippen molar-refractivity contribution in [1.82, 2.24) is 14.7 Å². The molecule has 0 aromatic heterocycles. The molecule has 1 spiro atoms. The quantitative estimate of drug-likeness (QED) is 0.770. The largest absolute Gasteiger partial charge is 0.450 e. The van der Waals surface area contributed by atoms with Gasteiger partial charge in [0.2, 0.25) is 5.91 Å². The fraction of sp³-hybridized carbons (Fsp3) is 0.900. The van der Waals surface area contributed by atoms with Gasteiger partial charge in [0.25, 0.3) is 0 Å². The summed E-state index contributed by atoms with van der Waals surface area (Å²) in [6.45, 7) is 8.03. The first-order chi connectivity index (χ1) is 12.5. The topological polar surface area (TPSA) is 53.1 Å². The molecular weight excluding hydrogens is 330 g/mol. The smallest absolute Gasteiger partial charge is 0.409 e. The molecule has 2 amide bonds. The van der Waals surface area contributed by atoms with E-state index in [0.717, 1.165) is 39.0 Å².